The summed E-state index contributed by atoms with van der Waals surface area (Å²) in [6, 6.07) is 4.98. The van der Waals surface area contributed by atoms with Gasteiger partial charge in [0.1, 0.15) is 5.82 Å². The summed E-state index contributed by atoms with van der Waals surface area (Å²) in [5.41, 5.74) is 2.30. The van der Waals surface area contributed by atoms with E-state index < -0.39 is 0 Å². The van der Waals surface area contributed by atoms with Crippen molar-refractivity contribution in [2.24, 2.45) is 0 Å². The van der Waals surface area contributed by atoms with Crippen LogP contribution in [0.2, 0.25) is 0 Å². The first-order valence-electron chi connectivity index (χ1n) is 3.77. The number of hydrogen-bond donors (Lipinski definition) is 0. The molecule has 1 aromatic carbocycles. The van der Waals surface area contributed by atoms with Crippen LogP contribution in [0.5, 0.6) is 0 Å². The summed E-state index contributed by atoms with van der Waals surface area (Å²) in [4.78, 5) is 2.15. The van der Waals surface area contributed by atoms with E-state index in [1.165, 1.54) is 11.8 Å². The van der Waals surface area contributed by atoms with Crippen molar-refractivity contribution in [1.29, 1.82) is 0 Å². The molecule has 11 heavy (non-hydrogen) atoms. The molecule has 1 heterocycles. The zero-order valence-corrected chi connectivity index (χ0v) is 6.47. The third-order valence-electron chi connectivity index (χ3n) is 2.17. The van der Waals surface area contributed by atoms with Gasteiger partial charge in [-0.05, 0) is 30.2 Å². The summed E-state index contributed by atoms with van der Waals surface area (Å²) >= 11 is 0. The SMILES string of the molecule is CN1CCc2cc(F)ccc21. The minimum Gasteiger partial charge on any atom is -0.374 e. The van der Waals surface area contributed by atoms with Crippen LogP contribution in [0.15, 0.2) is 18.2 Å². The molecule has 0 bridgehead atoms. The standard InChI is InChI=1S/C9H10FN/c1-11-5-4-7-6-8(10)2-3-9(7)11/h2-3,6H,4-5H2,1H3. The average Bonchev–Trinajstić information content (AvgIpc) is 2.32. The molecule has 1 aliphatic heterocycles. The van der Waals surface area contributed by atoms with Gasteiger partial charge in [-0.2, -0.15) is 0 Å². The van der Waals surface area contributed by atoms with E-state index in [1.54, 1.807) is 6.07 Å². The van der Waals surface area contributed by atoms with E-state index in [9.17, 15) is 4.39 Å². The van der Waals surface area contributed by atoms with Crippen LogP contribution in [0, 0.1) is 5.82 Å². The van der Waals surface area contributed by atoms with Crippen molar-refractivity contribution in [3.05, 3.63) is 29.6 Å². The molecule has 0 fully saturated rings. The Bertz CT molecular complexity index is 283. The maximum atomic E-state index is 12.7. The number of anilines is 1. The van der Waals surface area contributed by atoms with Gasteiger partial charge in [0.05, 0.1) is 0 Å². The minimum atomic E-state index is -0.126. The quantitative estimate of drug-likeness (QED) is 0.546. The van der Waals surface area contributed by atoms with Gasteiger partial charge in [-0.3, -0.25) is 0 Å². The molecule has 0 saturated carbocycles. The molecule has 1 nitrogen and oxygen atoms in total. The lowest BCUT2D eigenvalue weighted by molar-refractivity contribution is 0.626. The van der Waals surface area contributed by atoms with Gasteiger partial charge in [0, 0.05) is 19.3 Å². The number of benzene rings is 1. The second-order valence-electron chi connectivity index (χ2n) is 2.94. The molecule has 0 radical (unpaired) electrons. The first-order valence-corrected chi connectivity index (χ1v) is 3.77. The Morgan fingerprint density at radius 3 is 3.09 bits per heavy atom. The summed E-state index contributed by atoms with van der Waals surface area (Å²) < 4.78 is 12.7. The van der Waals surface area contributed by atoms with Crippen molar-refractivity contribution < 1.29 is 4.39 Å². The number of fused-ring (bicyclic) bond motifs is 1. The van der Waals surface area contributed by atoms with E-state index in [0.717, 1.165) is 18.5 Å². The minimum absolute atomic E-state index is 0.126. The van der Waals surface area contributed by atoms with Crippen molar-refractivity contribution in [3.63, 3.8) is 0 Å². The molecular weight excluding hydrogens is 141 g/mol. The van der Waals surface area contributed by atoms with Crippen LogP contribution in [0.3, 0.4) is 0 Å². The molecule has 2 heteroatoms. The van der Waals surface area contributed by atoms with Gasteiger partial charge in [-0.25, -0.2) is 4.39 Å². The number of halogens is 1. The summed E-state index contributed by atoms with van der Waals surface area (Å²) in [6.07, 6.45) is 0.976. The fraction of sp³-hybridized carbons (Fsp3) is 0.333. The van der Waals surface area contributed by atoms with Crippen LogP contribution in [-0.4, -0.2) is 13.6 Å². The highest BCUT2D eigenvalue weighted by Crippen LogP contribution is 2.26. The number of rotatable bonds is 0. The van der Waals surface area contributed by atoms with Gasteiger partial charge in [0.15, 0.2) is 0 Å². The molecule has 1 aliphatic rings. The van der Waals surface area contributed by atoms with Gasteiger partial charge >= 0.3 is 0 Å². The Morgan fingerprint density at radius 2 is 2.27 bits per heavy atom. The highest BCUT2D eigenvalue weighted by atomic mass is 19.1. The number of hydrogen-bond acceptors (Lipinski definition) is 1. The fourth-order valence-electron chi connectivity index (χ4n) is 1.54. The largest absolute Gasteiger partial charge is 0.374 e. The molecule has 0 aliphatic carbocycles. The lowest BCUT2D eigenvalue weighted by Gasteiger charge is -2.10. The number of likely N-dealkylation sites (N-methyl/N-ethyl adjacent to an activating group) is 1. The van der Waals surface area contributed by atoms with Crippen LogP contribution >= 0.6 is 0 Å². The van der Waals surface area contributed by atoms with E-state index in [-0.39, 0.29) is 5.82 Å². The molecular formula is C9H10FN. The third-order valence-corrected chi connectivity index (χ3v) is 2.17. The highest BCUT2D eigenvalue weighted by Gasteiger charge is 2.14. The molecule has 0 aromatic heterocycles. The van der Waals surface area contributed by atoms with Crippen molar-refractivity contribution in [1.82, 2.24) is 0 Å². The summed E-state index contributed by atoms with van der Waals surface area (Å²) in [5, 5.41) is 0. The summed E-state index contributed by atoms with van der Waals surface area (Å²) in [5.74, 6) is -0.126. The van der Waals surface area contributed by atoms with Gasteiger partial charge in [0.25, 0.3) is 0 Å². The van der Waals surface area contributed by atoms with Gasteiger partial charge in [0.2, 0.25) is 0 Å². The van der Waals surface area contributed by atoms with E-state index in [1.807, 2.05) is 13.1 Å². The predicted molar refractivity (Wildman–Crippen MR) is 43.4 cm³/mol. The highest BCUT2D eigenvalue weighted by molar-refractivity contribution is 5.57. The third kappa shape index (κ3) is 0.985. The summed E-state index contributed by atoms with van der Waals surface area (Å²) in [7, 11) is 2.03. The van der Waals surface area contributed by atoms with Crippen molar-refractivity contribution in [2.45, 2.75) is 6.42 Å². The van der Waals surface area contributed by atoms with Gasteiger partial charge in [-0.1, -0.05) is 0 Å². The van der Waals surface area contributed by atoms with Crippen LogP contribution in [0.1, 0.15) is 5.56 Å². The van der Waals surface area contributed by atoms with Crippen LogP contribution in [0.4, 0.5) is 10.1 Å². The van der Waals surface area contributed by atoms with Crippen molar-refractivity contribution in [2.75, 3.05) is 18.5 Å². The molecule has 0 saturated heterocycles. The Balaban J connectivity index is 2.50. The van der Waals surface area contributed by atoms with E-state index in [2.05, 4.69) is 4.90 Å². The normalized spacial score (nSPS) is 15.3. The topological polar surface area (TPSA) is 3.24 Å². The zero-order chi connectivity index (χ0) is 7.84. The smallest absolute Gasteiger partial charge is 0.123 e. The molecule has 1 aromatic rings. The lowest BCUT2D eigenvalue weighted by atomic mass is 10.2. The fourth-order valence-corrected chi connectivity index (χ4v) is 1.54. The molecule has 0 amide bonds. The molecule has 2 rings (SSSR count). The number of nitrogens with zero attached hydrogens (tertiary/aromatic N) is 1. The van der Waals surface area contributed by atoms with E-state index >= 15 is 0 Å². The molecule has 0 N–H and O–H groups in total. The molecule has 58 valence electrons. The first kappa shape index (κ1) is 6.65. The van der Waals surface area contributed by atoms with Crippen LogP contribution in [0.25, 0.3) is 0 Å². The van der Waals surface area contributed by atoms with E-state index in [4.69, 9.17) is 0 Å². The van der Waals surface area contributed by atoms with Crippen LogP contribution in [-0.2, 0) is 6.42 Å². The van der Waals surface area contributed by atoms with Crippen LogP contribution < -0.4 is 4.90 Å². The Labute approximate surface area is 65.4 Å². The monoisotopic (exact) mass is 151 g/mol. The molecule has 0 unspecified atom stereocenters. The molecule has 0 atom stereocenters. The second kappa shape index (κ2) is 2.22. The maximum Gasteiger partial charge on any atom is 0.123 e. The van der Waals surface area contributed by atoms with Gasteiger partial charge < -0.3 is 4.90 Å². The molecule has 0 spiro atoms. The Morgan fingerprint density at radius 1 is 1.45 bits per heavy atom. The Kier molecular flexibility index (Phi) is 1.34. The van der Waals surface area contributed by atoms with Crippen molar-refractivity contribution >= 4 is 5.69 Å². The maximum absolute atomic E-state index is 12.7. The summed E-state index contributed by atoms with van der Waals surface area (Å²) in [6.45, 7) is 1.01. The average molecular weight is 151 g/mol. The zero-order valence-electron chi connectivity index (χ0n) is 6.47. The lowest BCUT2D eigenvalue weighted by Crippen LogP contribution is -2.12. The predicted octanol–water partition coefficient (Wildman–Crippen LogP) is 1.82. The first-order chi connectivity index (χ1) is 5.27. The van der Waals surface area contributed by atoms with E-state index in [0.29, 0.717) is 0 Å². The Hall–Kier alpha value is -1.05. The van der Waals surface area contributed by atoms with Gasteiger partial charge in [-0.15, -0.1) is 0 Å². The second-order valence-corrected chi connectivity index (χ2v) is 2.94. The van der Waals surface area contributed by atoms with Crippen molar-refractivity contribution in [3.8, 4) is 0 Å².